The number of carbonyl (C=O) groups excluding carboxylic acids is 1. The van der Waals surface area contributed by atoms with Crippen LogP contribution in [0.1, 0.15) is 58.3 Å². The van der Waals surface area contributed by atoms with E-state index >= 15 is 0 Å². The van der Waals surface area contributed by atoms with Crippen molar-refractivity contribution in [3.05, 3.63) is 0 Å². The van der Waals surface area contributed by atoms with E-state index in [0.717, 1.165) is 24.7 Å². The molecule has 4 atom stereocenters. The Hall–Kier alpha value is -1.06. The number of rotatable bonds is 7. The van der Waals surface area contributed by atoms with Gasteiger partial charge in [-0.05, 0) is 43.4 Å². The van der Waals surface area contributed by atoms with Gasteiger partial charge in [0.15, 0.2) is 0 Å². The van der Waals surface area contributed by atoms with E-state index in [9.17, 15) is 9.59 Å². The number of carbonyl (C=O) groups is 2. The second-order valence-electron chi connectivity index (χ2n) is 6.24. The molecule has 0 aliphatic heterocycles. The standard InChI is InChI=1S/C15H25NO3/c1-2-3-4-13(15(18)19)16-14(17)9-12-8-10-5-6-11(12)7-10/h10-13H,2-9H2,1H3,(H,16,17)(H,18,19)/t10?,11?,12?,13-/m0/s1. The van der Waals surface area contributed by atoms with Crippen LogP contribution in [0.25, 0.3) is 0 Å². The van der Waals surface area contributed by atoms with Gasteiger partial charge in [0.2, 0.25) is 5.91 Å². The average molecular weight is 267 g/mol. The first kappa shape index (κ1) is 14.4. The van der Waals surface area contributed by atoms with Gasteiger partial charge in [0, 0.05) is 6.42 Å². The molecule has 4 heteroatoms. The molecule has 108 valence electrons. The lowest BCUT2D eigenvalue weighted by Gasteiger charge is -2.22. The summed E-state index contributed by atoms with van der Waals surface area (Å²) in [5.41, 5.74) is 0. The van der Waals surface area contributed by atoms with Crippen LogP contribution in [0, 0.1) is 17.8 Å². The Kier molecular flexibility index (Phi) is 4.83. The van der Waals surface area contributed by atoms with E-state index in [1.165, 1.54) is 25.7 Å². The van der Waals surface area contributed by atoms with E-state index in [0.29, 0.717) is 18.8 Å². The molecule has 2 saturated carbocycles. The molecule has 0 radical (unpaired) electrons. The lowest BCUT2D eigenvalue weighted by atomic mass is 9.86. The fourth-order valence-electron chi connectivity index (χ4n) is 3.78. The number of fused-ring (bicyclic) bond motifs is 2. The van der Waals surface area contributed by atoms with E-state index in [4.69, 9.17) is 5.11 Å². The second kappa shape index (κ2) is 6.40. The highest BCUT2D eigenvalue weighted by Crippen LogP contribution is 2.49. The Morgan fingerprint density at radius 1 is 1.32 bits per heavy atom. The summed E-state index contributed by atoms with van der Waals surface area (Å²) in [5, 5.41) is 11.8. The number of unbranched alkanes of at least 4 members (excludes halogenated alkanes) is 1. The van der Waals surface area contributed by atoms with Crippen LogP contribution in [-0.2, 0) is 9.59 Å². The van der Waals surface area contributed by atoms with Gasteiger partial charge in [-0.25, -0.2) is 4.79 Å². The highest BCUT2D eigenvalue weighted by Gasteiger charge is 2.40. The van der Waals surface area contributed by atoms with Crippen molar-refractivity contribution in [2.24, 2.45) is 17.8 Å². The van der Waals surface area contributed by atoms with E-state index in [2.05, 4.69) is 5.32 Å². The molecule has 19 heavy (non-hydrogen) atoms. The van der Waals surface area contributed by atoms with Crippen molar-refractivity contribution < 1.29 is 14.7 Å². The lowest BCUT2D eigenvalue weighted by molar-refractivity contribution is -0.142. The van der Waals surface area contributed by atoms with E-state index in [1.807, 2.05) is 6.92 Å². The third kappa shape index (κ3) is 3.71. The Bertz CT molecular complexity index is 342. The smallest absolute Gasteiger partial charge is 0.326 e. The fourth-order valence-corrected chi connectivity index (χ4v) is 3.78. The maximum atomic E-state index is 12.0. The number of carboxylic acid groups (broad SMARTS) is 1. The fraction of sp³-hybridized carbons (Fsp3) is 0.867. The van der Waals surface area contributed by atoms with Gasteiger partial charge in [0.05, 0.1) is 0 Å². The molecule has 3 unspecified atom stereocenters. The van der Waals surface area contributed by atoms with E-state index in [-0.39, 0.29) is 5.91 Å². The molecule has 0 spiro atoms. The first-order valence-corrected chi connectivity index (χ1v) is 7.62. The zero-order chi connectivity index (χ0) is 13.8. The van der Waals surface area contributed by atoms with Gasteiger partial charge < -0.3 is 10.4 Å². The van der Waals surface area contributed by atoms with Crippen LogP contribution < -0.4 is 5.32 Å². The zero-order valence-electron chi connectivity index (χ0n) is 11.7. The second-order valence-corrected chi connectivity index (χ2v) is 6.24. The molecule has 2 aliphatic rings. The molecule has 4 nitrogen and oxygen atoms in total. The van der Waals surface area contributed by atoms with Crippen molar-refractivity contribution in [3.63, 3.8) is 0 Å². The van der Waals surface area contributed by atoms with Gasteiger partial charge in [0.25, 0.3) is 0 Å². The van der Waals surface area contributed by atoms with Crippen molar-refractivity contribution in [1.29, 1.82) is 0 Å². The molecule has 2 aliphatic carbocycles. The Morgan fingerprint density at radius 2 is 2.11 bits per heavy atom. The Labute approximate surface area is 115 Å². The summed E-state index contributed by atoms with van der Waals surface area (Å²) in [7, 11) is 0. The Balaban J connectivity index is 1.77. The molecule has 2 fully saturated rings. The first-order chi connectivity index (χ1) is 9.10. The molecule has 2 bridgehead atoms. The van der Waals surface area contributed by atoms with Gasteiger partial charge >= 0.3 is 5.97 Å². The molecule has 0 aromatic carbocycles. The van der Waals surface area contributed by atoms with Crippen LogP contribution in [0.4, 0.5) is 0 Å². The summed E-state index contributed by atoms with van der Waals surface area (Å²) in [6.07, 6.45) is 7.90. The minimum absolute atomic E-state index is 0.0685. The maximum absolute atomic E-state index is 12.0. The minimum atomic E-state index is -0.908. The first-order valence-electron chi connectivity index (χ1n) is 7.62. The molecular weight excluding hydrogens is 242 g/mol. The van der Waals surface area contributed by atoms with E-state index in [1.54, 1.807) is 0 Å². The van der Waals surface area contributed by atoms with Gasteiger partial charge in [-0.2, -0.15) is 0 Å². The number of aliphatic carboxylic acids is 1. The van der Waals surface area contributed by atoms with Crippen LogP contribution in [-0.4, -0.2) is 23.0 Å². The number of hydrogen-bond donors (Lipinski definition) is 2. The number of carboxylic acids is 1. The van der Waals surface area contributed by atoms with Gasteiger partial charge in [-0.1, -0.05) is 26.2 Å². The summed E-state index contributed by atoms with van der Waals surface area (Å²) < 4.78 is 0. The van der Waals surface area contributed by atoms with Crippen LogP contribution in [0.5, 0.6) is 0 Å². The van der Waals surface area contributed by atoms with Gasteiger partial charge in [0.1, 0.15) is 6.04 Å². The molecule has 0 saturated heterocycles. The third-order valence-electron chi connectivity index (χ3n) is 4.81. The largest absolute Gasteiger partial charge is 0.480 e. The molecule has 2 N–H and O–H groups in total. The van der Waals surface area contributed by atoms with Crippen molar-refractivity contribution in [2.45, 2.75) is 64.3 Å². The van der Waals surface area contributed by atoms with Crippen molar-refractivity contribution in [2.75, 3.05) is 0 Å². The van der Waals surface area contributed by atoms with Crippen LogP contribution in [0.2, 0.25) is 0 Å². The highest BCUT2D eigenvalue weighted by atomic mass is 16.4. The molecule has 0 heterocycles. The summed E-state index contributed by atoms with van der Waals surface area (Å²) >= 11 is 0. The Morgan fingerprint density at radius 3 is 2.63 bits per heavy atom. The third-order valence-corrected chi connectivity index (χ3v) is 4.81. The normalized spacial score (nSPS) is 30.3. The average Bonchev–Trinajstić information content (AvgIpc) is 2.96. The topological polar surface area (TPSA) is 66.4 Å². The minimum Gasteiger partial charge on any atom is -0.480 e. The molecule has 0 aromatic heterocycles. The number of amides is 1. The van der Waals surface area contributed by atoms with Gasteiger partial charge in [-0.3, -0.25) is 4.79 Å². The summed E-state index contributed by atoms with van der Waals surface area (Å²) in [6, 6.07) is -0.703. The maximum Gasteiger partial charge on any atom is 0.326 e. The van der Waals surface area contributed by atoms with Crippen molar-refractivity contribution in [1.82, 2.24) is 5.32 Å². The predicted octanol–water partition coefficient (Wildman–Crippen LogP) is 2.57. The van der Waals surface area contributed by atoms with Crippen LogP contribution >= 0.6 is 0 Å². The van der Waals surface area contributed by atoms with Crippen LogP contribution in [0.15, 0.2) is 0 Å². The van der Waals surface area contributed by atoms with Gasteiger partial charge in [-0.15, -0.1) is 0 Å². The quantitative estimate of drug-likeness (QED) is 0.745. The lowest BCUT2D eigenvalue weighted by Crippen LogP contribution is -2.41. The summed E-state index contributed by atoms with van der Waals surface area (Å²) in [4.78, 5) is 23.1. The molecule has 2 rings (SSSR count). The van der Waals surface area contributed by atoms with Crippen molar-refractivity contribution in [3.8, 4) is 0 Å². The van der Waals surface area contributed by atoms with Crippen molar-refractivity contribution >= 4 is 11.9 Å². The molecule has 1 amide bonds. The van der Waals surface area contributed by atoms with Crippen LogP contribution in [0.3, 0.4) is 0 Å². The van der Waals surface area contributed by atoms with E-state index < -0.39 is 12.0 Å². The SMILES string of the molecule is CCCC[C@H](NC(=O)CC1CC2CCC1C2)C(=O)O. The predicted molar refractivity (Wildman–Crippen MR) is 72.6 cm³/mol. The number of nitrogens with one attached hydrogen (secondary N) is 1. The zero-order valence-corrected chi connectivity index (χ0v) is 11.7. The molecule has 0 aromatic rings. The number of hydrogen-bond acceptors (Lipinski definition) is 2. The molecular formula is C15H25NO3. The summed E-state index contributed by atoms with van der Waals surface area (Å²) in [5.74, 6) is 1.07. The summed E-state index contributed by atoms with van der Waals surface area (Å²) in [6.45, 7) is 2.02. The monoisotopic (exact) mass is 267 g/mol. The highest BCUT2D eigenvalue weighted by molar-refractivity contribution is 5.83.